The van der Waals surface area contributed by atoms with Crippen LogP contribution in [-0.2, 0) is 13.0 Å². The van der Waals surface area contributed by atoms with E-state index in [9.17, 15) is 4.79 Å². The number of halogens is 1. The Labute approximate surface area is 157 Å². The normalized spacial score (nSPS) is 13.7. The maximum absolute atomic E-state index is 12.4. The summed E-state index contributed by atoms with van der Waals surface area (Å²) in [5.74, 6) is 0.920. The third-order valence-electron chi connectivity index (χ3n) is 4.21. The second-order valence-electron chi connectivity index (χ2n) is 6.08. The van der Waals surface area contributed by atoms with Crippen LogP contribution in [0, 0.1) is 0 Å². The lowest BCUT2D eigenvalue weighted by Crippen LogP contribution is -2.27. The molecule has 0 aliphatic carbocycles. The van der Waals surface area contributed by atoms with E-state index in [0.717, 1.165) is 30.8 Å². The highest BCUT2D eigenvalue weighted by molar-refractivity contribution is 6.32. The van der Waals surface area contributed by atoms with E-state index in [-0.39, 0.29) is 0 Å². The van der Waals surface area contributed by atoms with E-state index in [1.807, 2.05) is 6.07 Å². The predicted octanol–water partition coefficient (Wildman–Crippen LogP) is 3.38. The Kier molecular flexibility index (Phi) is 5.49. The number of rotatable bonds is 4. The number of anilines is 2. The van der Waals surface area contributed by atoms with Gasteiger partial charge in [0.25, 0.3) is 0 Å². The number of methoxy groups -OCH3 is 2. The summed E-state index contributed by atoms with van der Waals surface area (Å²) in [6, 6.07) is 4.75. The summed E-state index contributed by atoms with van der Waals surface area (Å²) in [7, 11) is 5.09. The molecule has 3 rings (SSSR count). The van der Waals surface area contributed by atoms with E-state index in [2.05, 4.69) is 27.6 Å². The van der Waals surface area contributed by atoms with E-state index in [0.29, 0.717) is 27.9 Å². The molecule has 1 aliphatic heterocycles. The first-order valence-electron chi connectivity index (χ1n) is 8.16. The molecule has 138 valence electrons. The van der Waals surface area contributed by atoms with Crippen molar-refractivity contribution in [2.45, 2.75) is 13.0 Å². The van der Waals surface area contributed by atoms with E-state index in [4.69, 9.17) is 21.1 Å². The van der Waals surface area contributed by atoms with Gasteiger partial charge < -0.3 is 25.0 Å². The molecule has 0 spiro atoms. The Bertz CT molecular complexity index is 828. The summed E-state index contributed by atoms with van der Waals surface area (Å²) in [6.45, 7) is 1.81. The number of nitrogens with one attached hydrogen (secondary N) is 2. The predicted molar refractivity (Wildman–Crippen MR) is 101 cm³/mol. The second-order valence-corrected chi connectivity index (χ2v) is 6.49. The molecule has 1 aromatic carbocycles. The first-order chi connectivity index (χ1) is 12.5. The zero-order valence-electron chi connectivity index (χ0n) is 14.9. The van der Waals surface area contributed by atoms with Gasteiger partial charge in [-0.1, -0.05) is 11.6 Å². The summed E-state index contributed by atoms with van der Waals surface area (Å²) in [4.78, 5) is 19.0. The average Bonchev–Trinajstić information content (AvgIpc) is 2.61. The molecule has 0 unspecified atom stereocenters. The molecule has 26 heavy (non-hydrogen) atoms. The zero-order valence-corrected chi connectivity index (χ0v) is 15.7. The van der Waals surface area contributed by atoms with Gasteiger partial charge in [0.15, 0.2) is 0 Å². The first kappa shape index (κ1) is 18.3. The number of likely N-dealkylation sites (N-methyl/N-ethyl adjacent to an activating group) is 1. The highest BCUT2D eigenvalue weighted by Crippen LogP contribution is 2.36. The summed E-state index contributed by atoms with van der Waals surface area (Å²) in [5.41, 5.74) is 3.29. The van der Waals surface area contributed by atoms with Crippen molar-refractivity contribution in [1.82, 2.24) is 9.88 Å². The first-order valence-corrected chi connectivity index (χ1v) is 8.54. The van der Waals surface area contributed by atoms with E-state index in [1.54, 1.807) is 18.3 Å². The highest BCUT2D eigenvalue weighted by atomic mass is 35.5. The average molecular weight is 377 g/mol. The van der Waals surface area contributed by atoms with Gasteiger partial charge in [-0.05, 0) is 24.7 Å². The molecule has 2 aromatic rings. The Balaban J connectivity index is 1.73. The molecular weight excluding hydrogens is 356 g/mol. The SMILES string of the molecule is COc1cc(OC)c(NC(=O)Nc2cnc3c(c2)CN(C)CC3)cc1Cl. The fourth-order valence-corrected chi connectivity index (χ4v) is 3.12. The van der Waals surface area contributed by atoms with Crippen molar-refractivity contribution < 1.29 is 14.3 Å². The molecule has 2 heterocycles. The summed E-state index contributed by atoms with van der Waals surface area (Å²) < 4.78 is 10.4. The van der Waals surface area contributed by atoms with Crippen molar-refractivity contribution >= 4 is 29.0 Å². The molecular formula is C18H21ClN4O3. The van der Waals surface area contributed by atoms with Crippen LogP contribution in [0.5, 0.6) is 11.5 Å². The van der Waals surface area contributed by atoms with Gasteiger partial charge in [-0.3, -0.25) is 4.98 Å². The van der Waals surface area contributed by atoms with Gasteiger partial charge >= 0.3 is 6.03 Å². The lowest BCUT2D eigenvalue weighted by molar-refractivity contribution is 0.262. The van der Waals surface area contributed by atoms with Gasteiger partial charge in [-0.2, -0.15) is 0 Å². The van der Waals surface area contributed by atoms with Crippen LogP contribution < -0.4 is 20.1 Å². The molecule has 0 saturated heterocycles. The number of hydrogen-bond acceptors (Lipinski definition) is 5. The molecule has 0 atom stereocenters. The smallest absolute Gasteiger partial charge is 0.323 e. The molecule has 0 fully saturated rings. The van der Waals surface area contributed by atoms with Crippen LogP contribution in [-0.4, -0.2) is 43.7 Å². The summed E-state index contributed by atoms with van der Waals surface area (Å²) in [5, 5.41) is 5.91. The van der Waals surface area contributed by atoms with Crippen molar-refractivity contribution in [3.63, 3.8) is 0 Å². The van der Waals surface area contributed by atoms with E-state index >= 15 is 0 Å². The molecule has 2 N–H and O–H groups in total. The van der Waals surface area contributed by atoms with Crippen molar-refractivity contribution in [3.05, 3.63) is 40.7 Å². The highest BCUT2D eigenvalue weighted by Gasteiger charge is 2.16. The number of benzene rings is 1. The van der Waals surface area contributed by atoms with Gasteiger partial charge in [0.1, 0.15) is 11.5 Å². The Morgan fingerprint density at radius 2 is 1.96 bits per heavy atom. The van der Waals surface area contributed by atoms with Crippen LogP contribution in [0.3, 0.4) is 0 Å². The monoisotopic (exact) mass is 376 g/mol. The summed E-state index contributed by atoms with van der Waals surface area (Å²) in [6.07, 6.45) is 2.59. The Hall–Kier alpha value is -2.51. The number of fused-ring (bicyclic) bond motifs is 1. The van der Waals surface area contributed by atoms with Crippen LogP contribution in [0.15, 0.2) is 24.4 Å². The summed E-state index contributed by atoms with van der Waals surface area (Å²) >= 11 is 6.13. The number of amides is 2. The van der Waals surface area contributed by atoms with Gasteiger partial charge in [0.05, 0.1) is 36.8 Å². The number of nitrogens with zero attached hydrogens (tertiary/aromatic N) is 2. The van der Waals surface area contributed by atoms with Crippen LogP contribution in [0.2, 0.25) is 5.02 Å². The Morgan fingerprint density at radius 3 is 2.69 bits per heavy atom. The second kappa shape index (κ2) is 7.80. The molecule has 8 heteroatoms. The molecule has 7 nitrogen and oxygen atoms in total. The molecule has 1 aliphatic rings. The third kappa shape index (κ3) is 4.00. The van der Waals surface area contributed by atoms with Crippen LogP contribution in [0.25, 0.3) is 0 Å². The third-order valence-corrected chi connectivity index (χ3v) is 4.51. The molecule has 1 aromatic heterocycles. The fourth-order valence-electron chi connectivity index (χ4n) is 2.88. The molecule has 0 bridgehead atoms. The number of carbonyl (C=O) groups is 1. The maximum atomic E-state index is 12.4. The van der Waals surface area contributed by atoms with E-state index < -0.39 is 6.03 Å². The van der Waals surface area contributed by atoms with Crippen LogP contribution in [0.4, 0.5) is 16.2 Å². The van der Waals surface area contributed by atoms with Crippen LogP contribution >= 0.6 is 11.6 Å². The lowest BCUT2D eigenvalue weighted by atomic mass is 10.1. The topological polar surface area (TPSA) is 75.7 Å². The minimum absolute atomic E-state index is 0.377. The standard InChI is InChI=1S/C18H21ClN4O3/c1-23-5-4-14-11(10-23)6-12(9-20-14)21-18(24)22-15-7-13(19)16(25-2)8-17(15)26-3/h6-9H,4-5,10H2,1-3H3,(H2,21,22,24). The van der Waals surface area contributed by atoms with Gasteiger partial charge in [0.2, 0.25) is 0 Å². The number of hydrogen-bond donors (Lipinski definition) is 2. The van der Waals surface area contributed by atoms with Crippen molar-refractivity contribution in [1.29, 1.82) is 0 Å². The maximum Gasteiger partial charge on any atom is 0.323 e. The molecule has 0 saturated carbocycles. The largest absolute Gasteiger partial charge is 0.495 e. The fraction of sp³-hybridized carbons (Fsp3) is 0.333. The van der Waals surface area contributed by atoms with Gasteiger partial charge in [0, 0.05) is 31.3 Å². The minimum Gasteiger partial charge on any atom is -0.495 e. The van der Waals surface area contributed by atoms with Crippen molar-refractivity contribution in [3.8, 4) is 11.5 Å². The number of carbonyl (C=O) groups excluding carboxylic acids is 1. The zero-order chi connectivity index (χ0) is 18.7. The molecule has 0 radical (unpaired) electrons. The number of pyridine rings is 1. The number of ether oxygens (including phenoxy) is 2. The van der Waals surface area contributed by atoms with Gasteiger partial charge in [-0.25, -0.2) is 4.79 Å². The van der Waals surface area contributed by atoms with Crippen molar-refractivity contribution in [2.24, 2.45) is 0 Å². The number of aromatic nitrogens is 1. The Morgan fingerprint density at radius 1 is 1.19 bits per heavy atom. The number of urea groups is 1. The molecule has 2 amide bonds. The van der Waals surface area contributed by atoms with E-state index in [1.165, 1.54) is 14.2 Å². The lowest BCUT2D eigenvalue weighted by Gasteiger charge is -2.24. The quantitative estimate of drug-likeness (QED) is 0.855. The minimum atomic E-state index is -0.407. The van der Waals surface area contributed by atoms with Gasteiger partial charge in [-0.15, -0.1) is 0 Å². The van der Waals surface area contributed by atoms with Crippen LogP contribution in [0.1, 0.15) is 11.3 Å². The van der Waals surface area contributed by atoms with Crippen molar-refractivity contribution in [2.75, 3.05) is 38.4 Å².